The van der Waals surface area contributed by atoms with Crippen molar-refractivity contribution in [2.75, 3.05) is 31.3 Å². The van der Waals surface area contributed by atoms with E-state index in [9.17, 15) is 19.2 Å². The molecule has 0 spiro atoms. The minimum atomic E-state index is -0.592. The largest absolute Gasteiger partial charge is 0.379 e. The zero-order chi connectivity index (χ0) is 33.1. The quantitative estimate of drug-likeness (QED) is 0.272. The first-order valence-electron chi connectivity index (χ1n) is 15.6. The van der Waals surface area contributed by atoms with Crippen molar-refractivity contribution in [2.45, 2.75) is 13.1 Å². The summed E-state index contributed by atoms with van der Waals surface area (Å²) in [6.45, 7) is 3.78. The predicted octanol–water partition coefficient (Wildman–Crippen LogP) is 4.11. The lowest BCUT2D eigenvalue weighted by Crippen LogP contribution is -2.56. The molecule has 11 heteroatoms. The third-order valence-electron chi connectivity index (χ3n) is 8.89. The molecule has 5 aromatic rings. The Bertz CT molecular complexity index is 2070. The molecule has 236 valence electrons. The monoisotopic (exact) mass is 636 g/mol. The van der Waals surface area contributed by atoms with Gasteiger partial charge in [0.25, 0.3) is 0 Å². The molecule has 1 aliphatic heterocycles. The molecule has 0 bridgehead atoms. The van der Waals surface area contributed by atoms with Crippen LogP contribution in [0.1, 0.15) is 70.6 Å². The summed E-state index contributed by atoms with van der Waals surface area (Å²) in [6.07, 6.45) is -0.592. The Labute approximate surface area is 275 Å². The minimum Gasteiger partial charge on any atom is -0.379 e. The lowest BCUT2D eigenvalue weighted by Gasteiger charge is -2.39. The number of rotatable bonds is 5. The molecule has 1 atom stereocenters. The van der Waals surface area contributed by atoms with Gasteiger partial charge in [-0.2, -0.15) is 9.97 Å². The Balaban J connectivity index is 1.37. The van der Waals surface area contributed by atoms with Crippen LogP contribution in [0.2, 0.25) is 0 Å². The van der Waals surface area contributed by atoms with Crippen molar-refractivity contribution in [1.29, 1.82) is 0 Å². The molecular formula is C37H28N6O5. The first-order chi connectivity index (χ1) is 23.3. The van der Waals surface area contributed by atoms with Crippen LogP contribution in [0.4, 0.5) is 5.95 Å². The number of nitrogens with two attached hydrogens (primary N) is 1. The van der Waals surface area contributed by atoms with Crippen LogP contribution in [0.3, 0.4) is 0 Å². The zero-order valence-electron chi connectivity index (χ0n) is 25.8. The molecule has 11 nitrogen and oxygen atoms in total. The topological polar surface area (TPSA) is 149 Å². The van der Waals surface area contributed by atoms with Gasteiger partial charge in [0.15, 0.2) is 34.8 Å². The Morgan fingerprint density at radius 1 is 0.583 bits per heavy atom. The van der Waals surface area contributed by atoms with Crippen molar-refractivity contribution in [3.05, 3.63) is 129 Å². The fourth-order valence-electron chi connectivity index (χ4n) is 6.71. The number of hydrazine groups is 1. The molecule has 1 saturated heterocycles. The van der Waals surface area contributed by atoms with E-state index in [1.165, 1.54) is 0 Å². The van der Waals surface area contributed by atoms with Gasteiger partial charge in [0, 0.05) is 68.7 Å². The van der Waals surface area contributed by atoms with Crippen LogP contribution in [0.25, 0.3) is 22.8 Å². The summed E-state index contributed by atoms with van der Waals surface area (Å²) in [7, 11) is 0. The van der Waals surface area contributed by atoms with Crippen molar-refractivity contribution in [2.24, 2.45) is 5.73 Å². The highest BCUT2D eigenvalue weighted by Crippen LogP contribution is 2.37. The summed E-state index contributed by atoms with van der Waals surface area (Å²) in [4.78, 5) is 69.8. The normalized spacial score (nSPS) is 16.1. The van der Waals surface area contributed by atoms with Crippen LogP contribution in [-0.2, 0) is 4.74 Å². The average Bonchev–Trinajstić information content (AvgIpc) is 3.12. The van der Waals surface area contributed by atoms with E-state index in [1.807, 2.05) is 5.01 Å². The zero-order valence-corrected chi connectivity index (χ0v) is 25.8. The molecule has 3 aliphatic rings. The number of anilines is 1. The van der Waals surface area contributed by atoms with Gasteiger partial charge in [-0.1, -0.05) is 84.9 Å². The van der Waals surface area contributed by atoms with E-state index in [1.54, 1.807) is 96.9 Å². The number of hydrogen-bond acceptors (Lipinski definition) is 11. The van der Waals surface area contributed by atoms with Crippen LogP contribution in [-0.4, -0.2) is 75.6 Å². The van der Waals surface area contributed by atoms with E-state index in [0.717, 1.165) is 0 Å². The van der Waals surface area contributed by atoms with Gasteiger partial charge in [0.1, 0.15) is 0 Å². The van der Waals surface area contributed by atoms with Gasteiger partial charge >= 0.3 is 0 Å². The number of ketones is 4. The van der Waals surface area contributed by atoms with E-state index >= 15 is 0 Å². The SMILES string of the molecule is CC(N)N(c1nc(-c2cccc3c2C(=O)c2ccccc2C3=O)nc(-c2cccc3c2C(=O)c2ccccc2C3=O)n1)N1CCOCC1. The fraction of sp³-hybridized carbons (Fsp3) is 0.162. The Morgan fingerprint density at radius 3 is 1.42 bits per heavy atom. The van der Waals surface area contributed by atoms with Crippen LogP contribution in [0.5, 0.6) is 0 Å². The van der Waals surface area contributed by atoms with Gasteiger partial charge < -0.3 is 10.5 Å². The Morgan fingerprint density at radius 2 is 0.979 bits per heavy atom. The van der Waals surface area contributed by atoms with E-state index in [-0.39, 0.29) is 63.0 Å². The number of carbonyl (C=O) groups excluding carboxylic acids is 4. The van der Waals surface area contributed by atoms with Gasteiger partial charge in [-0.3, -0.25) is 24.2 Å². The molecule has 0 saturated carbocycles. The molecule has 1 aromatic heterocycles. The maximum Gasteiger partial charge on any atom is 0.245 e. The first kappa shape index (κ1) is 29.6. The van der Waals surface area contributed by atoms with Crippen molar-refractivity contribution in [3.8, 4) is 22.8 Å². The first-order valence-corrected chi connectivity index (χ1v) is 15.6. The number of ether oxygens (including phenoxy) is 1. The van der Waals surface area contributed by atoms with Crippen LogP contribution < -0.4 is 10.7 Å². The average molecular weight is 637 g/mol. The molecule has 4 aromatic carbocycles. The van der Waals surface area contributed by atoms with Gasteiger partial charge in [-0.25, -0.2) is 9.99 Å². The summed E-state index contributed by atoms with van der Waals surface area (Å²) in [5, 5.41) is 3.72. The molecule has 0 radical (unpaired) electrons. The number of benzene rings is 4. The molecule has 1 unspecified atom stereocenters. The molecule has 1 fully saturated rings. The molecule has 2 aliphatic carbocycles. The van der Waals surface area contributed by atoms with Gasteiger partial charge in [0.2, 0.25) is 5.95 Å². The second-order valence-electron chi connectivity index (χ2n) is 11.8. The van der Waals surface area contributed by atoms with Gasteiger partial charge in [-0.05, 0) is 6.92 Å². The van der Waals surface area contributed by atoms with Gasteiger partial charge in [0.05, 0.1) is 19.4 Å². The predicted molar refractivity (Wildman–Crippen MR) is 176 cm³/mol. The maximum absolute atomic E-state index is 14.0. The Hall–Kier alpha value is -5.75. The summed E-state index contributed by atoms with van der Waals surface area (Å²) in [5.74, 6) is -0.814. The smallest absolute Gasteiger partial charge is 0.245 e. The third-order valence-corrected chi connectivity index (χ3v) is 8.89. The van der Waals surface area contributed by atoms with Gasteiger partial charge in [-0.15, -0.1) is 0 Å². The summed E-state index contributed by atoms with van der Waals surface area (Å²) in [5.41, 5.74) is 9.28. The lowest BCUT2D eigenvalue weighted by molar-refractivity contribution is 0.0267. The van der Waals surface area contributed by atoms with Crippen LogP contribution >= 0.6 is 0 Å². The van der Waals surface area contributed by atoms with Crippen molar-refractivity contribution >= 4 is 29.1 Å². The van der Waals surface area contributed by atoms with Crippen molar-refractivity contribution < 1.29 is 23.9 Å². The molecule has 48 heavy (non-hydrogen) atoms. The van der Waals surface area contributed by atoms with E-state index < -0.39 is 6.17 Å². The highest BCUT2D eigenvalue weighted by Gasteiger charge is 2.35. The second-order valence-corrected chi connectivity index (χ2v) is 11.8. The van der Waals surface area contributed by atoms with E-state index in [0.29, 0.717) is 59.7 Å². The Kier molecular flexibility index (Phi) is 7.10. The summed E-state index contributed by atoms with van der Waals surface area (Å²) < 4.78 is 5.58. The molecular weight excluding hydrogens is 608 g/mol. The molecule has 2 N–H and O–H groups in total. The van der Waals surface area contributed by atoms with Crippen molar-refractivity contribution in [3.63, 3.8) is 0 Å². The third kappa shape index (κ3) is 4.59. The number of fused-ring (bicyclic) bond motifs is 4. The van der Waals surface area contributed by atoms with E-state index in [4.69, 9.17) is 25.4 Å². The molecule has 8 rings (SSSR count). The van der Waals surface area contributed by atoms with Crippen molar-refractivity contribution in [1.82, 2.24) is 20.0 Å². The number of nitrogens with zero attached hydrogens (tertiary/aromatic N) is 5. The maximum atomic E-state index is 14.0. The number of carbonyl (C=O) groups is 4. The fourth-order valence-corrected chi connectivity index (χ4v) is 6.71. The highest BCUT2D eigenvalue weighted by molar-refractivity contribution is 6.31. The highest BCUT2D eigenvalue weighted by atomic mass is 16.5. The summed E-state index contributed by atoms with van der Waals surface area (Å²) in [6, 6.07) is 23.4. The minimum absolute atomic E-state index is 0.110. The molecule has 0 amide bonds. The number of aromatic nitrogens is 3. The lowest BCUT2D eigenvalue weighted by atomic mass is 9.81. The van der Waals surface area contributed by atoms with Crippen LogP contribution in [0.15, 0.2) is 84.9 Å². The molecule has 2 heterocycles. The number of hydrogen-bond donors (Lipinski definition) is 1. The second kappa shape index (κ2) is 11.5. The standard InChI is InChI=1S/C37H28N6O5/c1-20(38)43(42-16-18-48-19-17-42)37-40-35(27-14-6-12-25-29(27)33(46)23-10-4-2-8-21(23)31(25)44)39-36(41-37)28-15-7-13-26-30(28)34(47)24-11-5-3-9-22(24)32(26)45/h2-15,20H,16-19,38H2,1H3. The van der Waals surface area contributed by atoms with E-state index in [2.05, 4.69) is 0 Å². The van der Waals surface area contributed by atoms with Crippen LogP contribution in [0, 0.1) is 0 Å². The summed E-state index contributed by atoms with van der Waals surface area (Å²) >= 11 is 0. The number of morpholine rings is 1.